The molecular formula is C24H31ClN2O4. The first kappa shape index (κ1) is 24.7. The molecular weight excluding hydrogens is 416 g/mol. The monoisotopic (exact) mass is 446 g/mol. The van der Waals surface area contributed by atoms with Gasteiger partial charge in [0.15, 0.2) is 5.78 Å². The molecule has 0 radical (unpaired) electrons. The molecule has 31 heavy (non-hydrogen) atoms. The molecule has 1 amide bonds. The van der Waals surface area contributed by atoms with Gasteiger partial charge < -0.3 is 14.2 Å². The second-order valence-electron chi connectivity index (χ2n) is 7.72. The Morgan fingerprint density at radius 3 is 2.23 bits per heavy atom. The minimum absolute atomic E-state index is 0.221. The molecule has 2 rings (SSSR count). The molecule has 0 bridgehead atoms. The number of ketones is 1. The minimum atomic E-state index is -0.746. The van der Waals surface area contributed by atoms with E-state index >= 15 is 0 Å². The molecule has 6 nitrogen and oxygen atoms in total. The lowest BCUT2D eigenvalue weighted by atomic mass is 9.98. The zero-order valence-corrected chi connectivity index (χ0v) is 20.0. The summed E-state index contributed by atoms with van der Waals surface area (Å²) in [5.41, 5.74) is 2.45. The van der Waals surface area contributed by atoms with E-state index in [-0.39, 0.29) is 24.3 Å². The zero-order valence-electron chi connectivity index (χ0n) is 19.3. The van der Waals surface area contributed by atoms with Gasteiger partial charge >= 0.3 is 5.97 Å². The number of ether oxygens (including phenoxy) is 1. The maximum atomic E-state index is 13.6. The Bertz CT molecular complexity index is 994. The van der Waals surface area contributed by atoms with Crippen LogP contribution in [0.5, 0.6) is 0 Å². The third-order valence-electron chi connectivity index (χ3n) is 5.49. The molecule has 168 valence electrons. The van der Waals surface area contributed by atoms with Crippen LogP contribution in [0.1, 0.15) is 77.1 Å². The van der Waals surface area contributed by atoms with Crippen LogP contribution < -0.4 is 0 Å². The summed E-state index contributed by atoms with van der Waals surface area (Å²) in [6, 6.07) is 5.82. The highest BCUT2D eigenvalue weighted by Crippen LogP contribution is 2.27. The predicted octanol–water partition coefficient (Wildman–Crippen LogP) is 5.08. The van der Waals surface area contributed by atoms with E-state index in [1.54, 1.807) is 49.6 Å². The lowest BCUT2D eigenvalue weighted by Gasteiger charge is -2.32. The number of benzene rings is 1. The average Bonchev–Trinajstić information content (AvgIpc) is 2.97. The van der Waals surface area contributed by atoms with Crippen molar-refractivity contribution in [3.8, 4) is 0 Å². The Morgan fingerprint density at radius 1 is 1.10 bits per heavy atom. The van der Waals surface area contributed by atoms with Crippen molar-refractivity contribution < 1.29 is 19.1 Å². The molecule has 0 spiro atoms. The van der Waals surface area contributed by atoms with Gasteiger partial charge in [0.25, 0.3) is 5.91 Å². The van der Waals surface area contributed by atoms with Gasteiger partial charge in [-0.2, -0.15) is 0 Å². The fraction of sp³-hybridized carbons (Fsp3) is 0.458. The van der Waals surface area contributed by atoms with Gasteiger partial charge in [0.2, 0.25) is 0 Å². The summed E-state index contributed by atoms with van der Waals surface area (Å²) < 4.78 is 7.00. The number of carbonyl (C=O) groups is 3. The highest BCUT2D eigenvalue weighted by atomic mass is 35.5. The number of rotatable bonds is 8. The summed E-state index contributed by atoms with van der Waals surface area (Å²) in [6.07, 6.45) is 0. The van der Waals surface area contributed by atoms with Crippen molar-refractivity contribution in [2.75, 3.05) is 6.61 Å². The summed E-state index contributed by atoms with van der Waals surface area (Å²) in [4.78, 5) is 41.0. The highest BCUT2D eigenvalue weighted by Gasteiger charge is 2.34. The Labute approximate surface area is 189 Å². The molecule has 0 aliphatic heterocycles. The predicted molar refractivity (Wildman–Crippen MR) is 122 cm³/mol. The maximum Gasteiger partial charge on any atom is 0.355 e. The first-order valence-corrected chi connectivity index (χ1v) is 10.9. The molecule has 1 aromatic heterocycles. The number of hydrogen-bond donors (Lipinski definition) is 0. The van der Waals surface area contributed by atoms with Gasteiger partial charge in [-0.25, -0.2) is 4.79 Å². The van der Waals surface area contributed by atoms with Crippen LogP contribution in [0.15, 0.2) is 24.3 Å². The second-order valence-corrected chi connectivity index (χ2v) is 8.13. The quantitative estimate of drug-likeness (QED) is 0.419. The van der Waals surface area contributed by atoms with Crippen LogP contribution in [0.25, 0.3) is 0 Å². The van der Waals surface area contributed by atoms with Gasteiger partial charge in [0.1, 0.15) is 5.69 Å². The summed E-state index contributed by atoms with van der Waals surface area (Å²) in [6.45, 7) is 13.4. The Hall–Kier alpha value is -2.60. The first-order chi connectivity index (χ1) is 14.6. The number of nitrogens with zero attached hydrogens (tertiary/aromatic N) is 2. The molecule has 0 saturated heterocycles. The van der Waals surface area contributed by atoms with Crippen molar-refractivity contribution in [2.45, 2.75) is 67.1 Å². The smallest absolute Gasteiger partial charge is 0.355 e. The highest BCUT2D eigenvalue weighted by molar-refractivity contribution is 6.33. The van der Waals surface area contributed by atoms with Crippen molar-refractivity contribution in [2.24, 2.45) is 0 Å². The molecule has 1 aromatic carbocycles. The fourth-order valence-electron chi connectivity index (χ4n) is 4.08. The topological polar surface area (TPSA) is 68.6 Å². The van der Waals surface area contributed by atoms with Crippen LogP contribution in [0.3, 0.4) is 0 Å². The zero-order chi connectivity index (χ0) is 23.5. The Morgan fingerprint density at radius 2 is 1.71 bits per heavy atom. The number of amides is 1. The van der Waals surface area contributed by atoms with Gasteiger partial charge in [0.05, 0.1) is 23.2 Å². The Kier molecular flexibility index (Phi) is 8.07. The van der Waals surface area contributed by atoms with Crippen LogP contribution >= 0.6 is 11.6 Å². The van der Waals surface area contributed by atoms with E-state index in [4.69, 9.17) is 16.3 Å². The molecule has 0 fully saturated rings. The summed E-state index contributed by atoms with van der Waals surface area (Å²) in [5, 5.41) is 0.340. The lowest BCUT2D eigenvalue weighted by Crippen LogP contribution is -2.47. The molecule has 1 unspecified atom stereocenters. The molecule has 0 aliphatic carbocycles. The Balaban J connectivity index is 2.53. The summed E-state index contributed by atoms with van der Waals surface area (Å²) >= 11 is 6.24. The normalized spacial score (nSPS) is 12.0. The number of esters is 1. The van der Waals surface area contributed by atoms with E-state index in [0.29, 0.717) is 39.6 Å². The molecule has 1 atom stereocenters. The van der Waals surface area contributed by atoms with Gasteiger partial charge in [-0.15, -0.1) is 0 Å². The van der Waals surface area contributed by atoms with Gasteiger partial charge in [-0.3, -0.25) is 9.59 Å². The van der Waals surface area contributed by atoms with Crippen molar-refractivity contribution in [1.82, 2.24) is 9.47 Å². The fourth-order valence-corrected chi connectivity index (χ4v) is 4.30. The third kappa shape index (κ3) is 4.69. The van der Waals surface area contributed by atoms with Crippen LogP contribution in [0.2, 0.25) is 5.02 Å². The van der Waals surface area contributed by atoms with Crippen LogP contribution in [0, 0.1) is 13.8 Å². The number of aromatic nitrogens is 1. The molecule has 2 aromatic rings. The van der Waals surface area contributed by atoms with E-state index in [1.807, 2.05) is 27.7 Å². The molecule has 0 N–H and O–H groups in total. The summed E-state index contributed by atoms with van der Waals surface area (Å²) in [5.74, 6) is -0.983. The second kappa shape index (κ2) is 10.1. The number of hydrogen-bond acceptors (Lipinski definition) is 4. The summed E-state index contributed by atoms with van der Waals surface area (Å²) in [7, 11) is 0. The van der Waals surface area contributed by atoms with E-state index in [9.17, 15) is 14.4 Å². The first-order valence-electron chi connectivity index (χ1n) is 10.6. The average molecular weight is 447 g/mol. The van der Waals surface area contributed by atoms with Crippen LogP contribution in [-0.4, -0.2) is 45.8 Å². The molecule has 1 heterocycles. The molecule has 7 heteroatoms. The van der Waals surface area contributed by atoms with E-state index < -0.39 is 12.0 Å². The van der Waals surface area contributed by atoms with Gasteiger partial charge in [-0.05, 0) is 66.2 Å². The number of Topliss-reactive ketones (excluding diaryl/α,β-unsaturated/α-hetero) is 1. The van der Waals surface area contributed by atoms with Gasteiger partial charge in [0, 0.05) is 23.8 Å². The van der Waals surface area contributed by atoms with Crippen molar-refractivity contribution in [3.63, 3.8) is 0 Å². The van der Waals surface area contributed by atoms with Crippen molar-refractivity contribution in [3.05, 3.63) is 57.4 Å². The van der Waals surface area contributed by atoms with Crippen LogP contribution in [-0.2, 0) is 11.3 Å². The molecule has 0 aliphatic rings. The SMILES string of the molecule is CCOC(=O)c1c(C)c(C(=O)C(C)N(C(=O)c2ccccc2Cl)C(C)C)c(C)n1CC. The van der Waals surface area contributed by atoms with Gasteiger partial charge in [-0.1, -0.05) is 23.7 Å². The van der Waals surface area contributed by atoms with Crippen molar-refractivity contribution >= 4 is 29.3 Å². The lowest BCUT2D eigenvalue weighted by molar-refractivity contribution is 0.0512. The third-order valence-corrected chi connectivity index (χ3v) is 5.82. The number of halogens is 1. The maximum absolute atomic E-state index is 13.6. The van der Waals surface area contributed by atoms with Crippen LogP contribution in [0.4, 0.5) is 0 Å². The standard InChI is InChI=1S/C24H31ClN2O4/c1-8-26-16(6)20(15(5)21(26)24(30)31-9-2)22(28)17(7)27(14(3)4)23(29)18-12-10-11-13-19(18)25/h10-14,17H,8-9H2,1-7H3. The van der Waals surface area contributed by atoms with E-state index in [1.165, 1.54) is 4.90 Å². The number of carbonyl (C=O) groups excluding carboxylic acids is 3. The largest absolute Gasteiger partial charge is 0.461 e. The minimum Gasteiger partial charge on any atom is -0.461 e. The van der Waals surface area contributed by atoms with E-state index in [2.05, 4.69) is 0 Å². The molecule has 0 saturated carbocycles. The van der Waals surface area contributed by atoms with Crippen molar-refractivity contribution in [1.29, 1.82) is 0 Å². The van der Waals surface area contributed by atoms with E-state index in [0.717, 1.165) is 0 Å².